The number of rotatable bonds is 3. The van der Waals surface area contributed by atoms with Crippen LogP contribution in [-0.2, 0) is 0 Å². The second kappa shape index (κ2) is 6.02. The summed E-state index contributed by atoms with van der Waals surface area (Å²) in [6.07, 6.45) is 2.04. The van der Waals surface area contributed by atoms with Gasteiger partial charge in [0, 0.05) is 40.1 Å². The van der Waals surface area contributed by atoms with Crippen molar-refractivity contribution in [3.63, 3.8) is 0 Å². The third kappa shape index (κ3) is 2.39. The normalized spacial score (nSPS) is 11.4. The largest absolute Gasteiger partial charge is 0.358 e. The number of benzene rings is 2. The van der Waals surface area contributed by atoms with Crippen LogP contribution in [0.4, 0.5) is 8.78 Å². The summed E-state index contributed by atoms with van der Waals surface area (Å²) in [4.78, 5) is 19.6. The second-order valence-electron chi connectivity index (χ2n) is 6.27. The van der Waals surface area contributed by atoms with E-state index < -0.39 is 11.6 Å². The Hall–Kier alpha value is -3.08. The molecule has 0 aliphatic rings. The molecule has 2 aromatic heterocycles. The van der Waals surface area contributed by atoms with Gasteiger partial charge in [0.05, 0.1) is 16.7 Å². The lowest BCUT2D eigenvalue weighted by Gasteiger charge is -2.07. The monoisotopic (exact) mass is 350 g/mol. The Morgan fingerprint density at radius 3 is 2.73 bits per heavy atom. The molecule has 4 rings (SSSR count). The zero-order valence-corrected chi connectivity index (χ0v) is 14.4. The number of aromatic nitrogens is 2. The van der Waals surface area contributed by atoms with E-state index in [4.69, 9.17) is 0 Å². The molecule has 0 atom stereocenters. The maximum atomic E-state index is 14.3. The molecule has 3 nitrogen and oxygen atoms in total. The van der Waals surface area contributed by atoms with Crippen LogP contribution < -0.4 is 0 Å². The number of hydrogen-bond donors (Lipinski definition) is 1. The molecule has 0 radical (unpaired) electrons. The summed E-state index contributed by atoms with van der Waals surface area (Å²) < 4.78 is 28.3. The van der Waals surface area contributed by atoms with Crippen LogP contribution in [0.5, 0.6) is 0 Å². The van der Waals surface area contributed by atoms with Crippen molar-refractivity contribution < 1.29 is 13.6 Å². The van der Waals surface area contributed by atoms with Crippen molar-refractivity contribution >= 4 is 27.6 Å². The Kier molecular flexibility index (Phi) is 3.80. The van der Waals surface area contributed by atoms with Crippen LogP contribution in [0.25, 0.3) is 33.1 Å². The highest BCUT2D eigenvalue weighted by Crippen LogP contribution is 2.32. The van der Waals surface area contributed by atoms with Crippen molar-refractivity contribution in [2.75, 3.05) is 0 Å². The quantitative estimate of drug-likeness (QED) is 0.492. The van der Waals surface area contributed by atoms with Crippen LogP contribution in [-0.4, -0.2) is 15.8 Å². The van der Waals surface area contributed by atoms with Gasteiger partial charge in [-0.25, -0.2) is 13.8 Å². The van der Waals surface area contributed by atoms with Crippen molar-refractivity contribution in [2.24, 2.45) is 0 Å². The molecule has 0 aliphatic heterocycles. The van der Waals surface area contributed by atoms with E-state index >= 15 is 0 Å². The molecule has 2 heterocycles. The summed E-state index contributed by atoms with van der Waals surface area (Å²) in [7, 11) is 0. The Labute approximate surface area is 148 Å². The van der Waals surface area contributed by atoms with Crippen LogP contribution in [0.3, 0.4) is 0 Å². The molecule has 4 aromatic rings. The number of fused-ring (bicyclic) bond motifs is 2. The zero-order chi connectivity index (χ0) is 18.4. The molecular weight excluding hydrogens is 334 g/mol. The zero-order valence-electron chi connectivity index (χ0n) is 14.4. The van der Waals surface area contributed by atoms with Gasteiger partial charge in [0.15, 0.2) is 11.6 Å². The molecule has 0 aliphatic carbocycles. The van der Waals surface area contributed by atoms with Gasteiger partial charge in [0.1, 0.15) is 5.82 Å². The van der Waals surface area contributed by atoms with Crippen LogP contribution in [0.2, 0.25) is 0 Å². The molecule has 0 unspecified atom stereocenters. The molecule has 0 fully saturated rings. The SMILES string of the molecule is CCC(=O)c1cccc2nc(-c3c[nH]c4c(F)c(C)c(F)cc34)ccc12. The molecule has 130 valence electrons. The first-order valence-electron chi connectivity index (χ1n) is 8.40. The molecular formula is C21H16F2N2O. The van der Waals surface area contributed by atoms with Crippen molar-refractivity contribution in [3.05, 3.63) is 65.4 Å². The van der Waals surface area contributed by atoms with Crippen molar-refractivity contribution in [1.29, 1.82) is 0 Å². The van der Waals surface area contributed by atoms with Gasteiger partial charge in [-0.05, 0) is 31.2 Å². The number of nitrogens with zero attached hydrogens (tertiary/aromatic N) is 1. The van der Waals surface area contributed by atoms with E-state index in [-0.39, 0.29) is 16.9 Å². The summed E-state index contributed by atoms with van der Waals surface area (Å²) >= 11 is 0. The summed E-state index contributed by atoms with van der Waals surface area (Å²) in [5.41, 5.74) is 2.76. The third-order valence-corrected chi connectivity index (χ3v) is 4.73. The number of Topliss-reactive ketones (excluding diaryl/α,β-unsaturated/α-hetero) is 1. The Bertz CT molecular complexity index is 1180. The van der Waals surface area contributed by atoms with E-state index in [0.717, 1.165) is 5.39 Å². The topological polar surface area (TPSA) is 45.8 Å². The summed E-state index contributed by atoms with van der Waals surface area (Å²) in [5.74, 6) is -1.13. The number of aromatic amines is 1. The van der Waals surface area contributed by atoms with Gasteiger partial charge in [-0.15, -0.1) is 0 Å². The number of carbonyl (C=O) groups is 1. The first kappa shape index (κ1) is 16.4. The number of hydrogen-bond acceptors (Lipinski definition) is 2. The van der Waals surface area contributed by atoms with Gasteiger partial charge in [-0.3, -0.25) is 4.79 Å². The maximum Gasteiger partial charge on any atom is 0.163 e. The predicted octanol–water partition coefficient (Wildman–Crippen LogP) is 5.56. The van der Waals surface area contributed by atoms with E-state index in [1.165, 1.54) is 13.0 Å². The fraction of sp³-hybridized carbons (Fsp3) is 0.143. The molecule has 0 saturated carbocycles. The average molecular weight is 350 g/mol. The lowest BCUT2D eigenvalue weighted by molar-refractivity contribution is 0.0989. The van der Waals surface area contributed by atoms with Crippen molar-refractivity contribution in [1.82, 2.24) is 9.97 Å². The van der Waals surface area contributed by atoms with E-state index in [1.54, 1.807) is 24.4 Å². The predicted molar refractivity (Wildman–Crippen MR) is 98.3 cm³/mol. The fourth-order valence-electron chi connectivity index (χ4n) is 3.24. The lowest BCUT2D eigenvalue weighted by atomic mass is 10.0. The minimum Gasteiger partial charge on any atom is -0.358 e. The number of pyridine rings is 1. The third-order valence-electron chi connectivity index (χ3n) is 4.73. The average Bonchev–Trinajstić information content (AvgIpc) is 3.08. The molecule has 5 heteroatoms. The van der Waals surface area contributed by atoms with Gasteiger partial charge in [0.2, 0.25) is 0 Å². The molecule has 1 N–H and O–H groups in total. The van der Waals surface area contributed by atoms with Gasteiger partial charge in [-0.2, -0.15) is 0 Å². The van der Waals surface area contributed by atoms with Gasteiger partial charge in [0.25, 0.3) is 0 Å². The van der Waals surface area contributed by atoms with Crippen LogP contribution >= 0.6 is 0 Å². The minimum absolute atomic E-state index is 0.0138. The summed E-state index contributed by atoms with van der Waals surface area (Å²) in [6, 6.07) is 10.3. The smallest absolute Gasteiger partial charge is 0.163 e. The molecule has 26 heavy (non-hydrogen) atoms. The molecule has 2 aromatic carbocycles. The Morgan fingerprint density at radius 1 is 1.15 bits per heavy atom. The fourth-order valence-corrected chi connectivity index (χ4v) is 3.24. The van der Waals surface area contributed by atoms with Gasteiger partial charge in [-0.1, -0.05) is 19.1 Å². The van der Waals surface area contributed by atoms with E-state index in [9.17, 15) is 13.6 Å². The van der Waals surface area contributed by atoms with E-state index in [0.29, 0.717) is 34.1 Å². The highest BCUT2D eigenvalue weighted by Gasteiger charge is 2.16. The number of ketones is 1. The molecule has 0 saturated heterocycles. The van der Waals surface area contributed by atoms with Crippen LogP contribution in [0.15, 0.2) is 42.6 Å². The first-order valence-corrected chi connectivity index (χ1v) is 8.40. The first-order chi connectivity index (χ1) is 12.5. The van der Waals surface area contributed by atoms with Gasteiger partial charge >= 0.3 is 0 Å². The van der Waals surface area contributed by atoms with E-state index in [1.807, 2.05) is 19.1 Å². The number of halogens is 2. The molecule has 0 amide bonds. The lowest BCUT2D eigenvalue weighted by Crippen LogP contribution is -1.98. The molecule has 0 bridgehead atoms. The number of H-pyrrole nitrogens is 1. The van der Waals surface area contributed by atoms with Crippen LogP contribution in [0, 0.1) is 18.6 Å². The number of carbonyl (C=O) groups excluding carboxylic acids is 1. The Morgan fingerprint density at radius 2 is 1.96 bits per heavy atom. The molecule has 0 spiro atoms. The Balaban J connectivity index is 1.93. The van der Waals surface area contributed by atoms with Crippen molar-refractivity contribution in [2.45, 2.75) is 20.3 Å². The minimum atomic E-state index is -0.595. The standard InChI is InChI=1S/C21H16F2N2O/c1-3-19(26)13-5-4-6-17-12(13)7-8-18(25-17)15-10-24-21-14(15)9-16(22)11(2)20(21)23/h4-10,24H,3H2,1-2H3. The van der Waals surface area contributed by atoms with Gasteiger partial charge < -0.3 is 4.98 Å². The number of nitrogens with one attached hydrogen (secondary N) is 1. The van der Waals surface area contributed by atoms with Crippen LogP contribution in [0.1, 0.15) is 29.3 Å². The highest BCUT2D eigenvalue weighted by molar-refractivity contribution is 6.07. The van der Waals surface area contributed by atoms with E-state index in [2.05, 4.69) is 9.97 Å². The summed E-state index contributed by atoms with van der Waals surface area (Å²) in [6.45, 7) is 3.23. The maximum absolute atomic E-state index is 14.3. The highest BCUT2D eigenvalue weighted by atomic mass is 19.1. The van der Waals surface area contributed by atoms with Crippen molar-refractivity contribution in [3.8, 4) is 11.3 Å². The summed E-state index contributed by atoms with van der Waals surface area (Å²) in [5, 5.41) is 1.22. The second-order valence-corrected chi connectivity index (χ2v) is 6.27.